The van der Waals surface area contributed by atoms with Gasteiger partial charge >= 0.3 is 0 Å². The van der Waals surface area contributed by atoms with Gasteiger partial charge in [0.25, 0.3) is 0 Å². The van der Waals surface area contributed by atoms with E-state index in [1.54, 1.807) is 0 Å². The fourth-order valence-electron chi connectivity index (χ4n) is 13.1. The van der Waals surface area contributed by atoms with Crippen molar-refractivity contribution in [2.75, 3.05) is 65.4 Å². The zero-order valence-corrected chi connectivity index (χ0v) is 58.7. The SMILES string of the molecule is CC(C)(C)C1CCCC(N)C1.CC(C)(C)N1CCC(N)C1.CC(C)(C)N1CCCC(N)CC1.CC(C)(C)N1CCCCC(N)C1.CC(C)(C)N1CCCNCC1.CC1CC(C(C)(C)C)CC(N)C1O.CC1CC(N)CC(C(C)(C)C)C1. The van der Waals surface area contributed by atoms with Gasteiger partial charge in [-0.2, -0.15) is 0 Å². The predicted octanol–water partition coefficient (Wildman–Crippen LogP) is 12.2. The summed E-state index contributed by atoms with van der Waals surface area (Å²) in [7, 11) is 0. The molecule has 81 heavy (non-hydrogen) atoms. The van der Waals surface area contributed by atoms with Crippen molar-refractivity contribution < 1.29 is 5.11 Å². The van der Waals surface area contributed by atoms with Crippen LogP contribution in [0, 0.1) is 45.8 Å². The van der Waals surface area contributed by atoms with Crippen LogP contribution < -0.4 is 39.7 Å². The first-order chi connectivity index (χ1) is 36.8. The zero-order chi connectivity index (χ0) is 62.5. The number of likely N-dealkylation sites (tertiary alicyclic amines) is 3. The molecule has 0 aromatic carbocycles. The summed E-state index contributed by atoms with van der Waals surface area (Å²) in [5.41, 5.74) is 38.0. The summed E-state index contributed by atoms with van der Waals surface area (Å²) < 4.78 is 0. The van der Waals surface area contributed by atoms with Crippen molar-refractivity contribution in [2.45, 2.75) is 333 Å². The highest BCUT2D eigenvalue weighted by molar-refractivity contribution is 4.92. The number of hydrogen-bond donors (Lipinski definition) is 8. The van der Waals surface area contributed by atoms with Gasteiger partial charge in [-0.25, -0.2) is 0 Å². The van der Waals surface area contributed by atoms with Crippen LogP contribution in [0.3, 0.4) is 0 Å². The van der Waals surface area contributed by atoms with Crippen LogP contribution in [0.25, 0.3) is 0 Å². The van der Waals surface area contributed by atoms with Gasteiger partial charge in [-0.15, -0.1) is 0 Å². The molecule has 7 aliphatic rings. The Morgan fingerprint density at radius 3 is 1.22 bits per heavy atom. The number of nitrogens with one attached hydrogen (secondary N) is 1. The molecule has 486 valence electrons. The quantitative estimate of drug-likeness (QED) is 0.114. The maximum Gasteiger partial charge on any atom is 0.0716 e. The Kier molecular flexibility index (Phi) is 34.4. The van der Waals surface area contributed by atoms with Crippen LogP contribution in [0.1, 0.15) is 268 Å². The number of hydrogen-bond acceptors (Lipinski definition) is 12. The van der Waals surface area contributed by atoms with Gasteiger partial charge in [-0.1, -0.05) is 89.0 Å². The summed E-state index contributed by atoms with van der Waals surface area (Å²) in [5.74, 6) is 3.52. The number of rotatable bonds is 0. The highest BCUT2D eigenvalue weighted by Gasteiger charge is 2.38. The molecule has 12 heteroatoms. The van der Waals surface area contributed by atoms with Crippen molar-refractivity contribution in [3.63, 3.8) is 0 Å². The second-order valence-corrected chi connectivity index (χ2v) is 34.4. The van der Waals surface area contributed by atoms with Gasteiger partial charge in [0.1, 0.15) is 0 Å². The third-order valence-corrected chi connectivity index (χ3v) is 19.4. The highest BCUT2D eigenvalue weighted by atomic mass is 16.3. The molecule has 3 aliphatic carbocycles. The molecule has 12 atom stereocenters. The summed E-state index contributed by atoms with van der Waals surface area (Å²) in [6.45, 7) is 64.2. The van der Waals surface area contributed by atoms with Crippen LogP contribution in [0.15, 0.2) is 0 Å². The van der Waals surface area contributed by atoms with Crippen molar-refractivity contribution in [3.05, 3.63) is 0 Å². The third-order valence-electron chi connectivity index (χ3n) is 19.4. The van der Waals surface area contributed by atoms with Crippen LogP contribution >= 0.6 is 0 Å². The maximum absolute atomic E-state index is 9.70. The molecular formula is C69H149N11O. The first-order valence-electron chi connectivity index (χ1n) is 33.7. The second-order valence-electron chi connectivity index (χ2n) is 34.4. The Hall–Kier alpha value is -0.480. The lowest BCUT2D eigenvalue weighted by atomic mass is 9.67. The standard InChI is InChI=1S/C11H23NO.C11H23N.2C10H22N2.C10H21N.C9H20N2.C8H18N2/c1-7-5-8(11(2,3)4)6-9(12)10(7)13;1-8-5-9(11(2,3)4)7-10(12)6-8;1-10(2,3)12-7-4-5-9(11)6-8-12;1-10(2,3)12-7-5-4-6-9(11)8-12;1-10(2,3)8-5-4-6-9(11)7-8;1-9(2,3)11-7-4-5-10-6-8-11;1-8(2,3)10-5-4-7(9)6-10/h7-10,13H,5-6,12H2,1-4H3;8-10H,5-7,12H2,1-4H3;2*9H,4-8,11H2,1-3H3;8-9H,4-7,11H2,1-3H3;10H,4-8H2,1-3H3;7H,4-6,9H2,1-3H3. The van der Waals surface area contributed by atoms with Gasteiger partial charge in [-0.05, 0) is 251 Å². The van der Waals surface area contributed by atoms with Crippen LogP contribution in [0.5, 0.6) is 0 Å². The molecule has 7 fully saturated rings. The van der Waals surface area contributed by atoms with E-state index in [1.165, 1.54) is 129 Å². The van der Waals surface area contributed by atoms with Gasteiger partial charge < -0.3 is 44.8 Å². The molecule has 0 radical (unpaired) electrons. The lowest BCUT2D eigenvalue weighted by Gasteiger charge is -2.42. The monoisotopic (exact) mass is 1150 g/mol. The molecule has 0 bridgehead atoms. The Labute approximate surface area is 506 Å². The predicted molar refractivity (Wildman–Crippen MR) is 358 cm³/mol. The van der Waals surface area contributed by atoms with Crippen molar-refractivity contribution in [1.82, 2.24) is 24.9 Å². The molecule has 3 saturated carbocycles. The zero-order valence-electron chi connectivity index (χ0n) is 58.7. The number of aliphatic hydroxyl groups excluding tert-OH is 1. The smallest absolute Gasteiger partial charge is 0.0716 e. The van der Waals surface area contributed by atoms with Gasteiger partial charge in [-0.3, -0.25) is 19.6 Å². The molecule has 14 N–H and O–H groups in total. The summed E-state index contributed by atoms with van der Waals surface area (Å²) in [6.07, 6.45) is 20.7. The van der Waals surface area contributed by atoms with Crippen molar-refractivity contribution in [2.24, 2.45) is 80.2 Å². The summed E-state index contributed by atoms with van der Waals surface area (Å²) in [4.78, 5) is 10.0. The van der Waals surface area contributed by atoms with Gasteiger partial charge in [0.2, 0.25) is 0 Å². The Balaban J connectivity index is 0.000000473. The molecule has 4 heterocycles. The Morgan fingerprint density at radius 2 is 0.765 bits per heavy atom. The van der Waals surface area contributed by atoms with Crippen molar-refractivity contribution in [1.29, 1.82) is 0 Å². The maximum atomic E-state index is 9.70. The van der Waals surface area contributed by atoms with E-state index in [0.29, 0.717) is 80.4 Å². The molecule has 0 aromatic rings. The largest absolute Gasteiger partial charge is 0.391 e. The van der Waals surface area contributed by atoms with Crippen LogP contribution in [0.4, 0.5) is 0 Å². The minimum atomic E-state index is -0.293. The van der Waals surface area contributed by atoms with Gasteiger partial charge in [0.15, 0.2) is 0 Å². The van der Waals surface area contributed by atoms with E-state index in [0.717, 1.165) is 63.1 Å². The molecule has 4 aliphatic heterocycles. The molecule has 0 spiro atoms. The minimum Gasteiger partial charge on any atom is -0.391 e. The van der Waals surface area contributed by atoms with E-state index in [9.17, 15) is 5.11 Å². The van der Waals surface area contributed by atoms with Gasteiger partial charge in [0.05, 0.1) is 6.10 Å². The Bertz CT molecular complexity index is 1560. The van der Waals surface area contributed by atoms with E-state index in [4.69, 9.17) is 34.4 Å². The summed E-state index contributed by atoms with van der Waals surface area (Å²) in [6, 6.07) is 2.17. The second kappa shape index (κ2) is 35.5. The minimum absolute atomic E-state index is 0.0204. The number of aliphatic hydroxyl groups is 1. The van der Waals surface area contributed by atoms with Gasteiger partial charge in [0, 0.05) is 97.7 Å². The number of nitrogens with zero attached hydrogens (tertiary/aromatic N) is 4. The topological polar surface area (TPSA) is 201 Å². The molecule has 7 rings (SSSR count). The first kappa shape index (κ1) is 78.5. The fraction of sp³-hybridized carbons (Fsp3) is 1.00. The molecule has 0 amide bonds. The highest BCUT2D eigenvalue weighted by Crippen LogP contribution is 2.41. The van der Waals surface area contributed by atoms with Crippen LogP contribution in [0.2, 0.25) is 0 Å². The van der Waals surface area contributed by atoms with Crippen molar-refractivity contribution in [3.8, 4) is 0 Å². The van der Waals surface area contributed by atoms with Crippen LogP contribution in [-0.2, 0) is 0 Å². The first-order valence-corrected chi connectivity index (χ1v) is 33.7. The van der Waals surface area contributed by atoms with E-state index < -0.39 is 0 Å². The van der Waals surface area contributed by atoms with E-state index >= 15 is 0 Å². The Morgan fingerprint density at radius 1 is 0.346 bits per heavy atom. The summed E-state index contributed by atoms with van der Waals surface area (Å²) >= 11 is 0. The third kappa shape index (κ3) is 33.5. The lowest BCUT2D eigenvalue weighted by molar-refractivity contribution is 0.0106. The number of nitrogens with two attached hydrogens (primary N) is 6. The van der Waals surface area contributed by atoms with E-state index in [2.05, 4.69) is 184 Å². The fourth-order valence-corrected chi connectivity index (χ4v) is 13.1. The van der Waals surface area contributed by atoms with Crippen LogP contribution in [-0.4, -0.2) is 155 Å². The molecule has 12 nitrogen and oxygen atoms in total. The molecule has 12 unspecified atom stereocenters. The molecule has 4 saturated heterocycles. The van der Waals surface area contributed by atoms with E-state index in [1.807, 2.05) is 0 Å². The summed E-state index contributed by atoms with van der Waals surface area (Å²) in [5, 5.41) is 13.1. The molecule has 0 aromatic heterocycles. The van der Waals surface area contributed by atoms with Crippen molar-refractivity contribution >= 4 is 0 Å². The average Bonchev–Trinajstić information content (AvgIpc) is 3.52. The molecular weight excluding hydrogens is 999 g/mol. The van der Waals surface area contributed by atoms with E-state index in [-0.39, 0.29) is 12.1 Å². The lowest BCUT2D eigenvalue weighted by Crippen LogP contribution is -2.47. The average molecular weight is 1150 g/mol. The normalized spacial score (nSPS) is 32.2.